The topological polar surface area (TPSA) is 273 Å². The molecule has 0 amide bonds. The van der Waals surface area contributed by atoms with Gasteiger partial charge in [-0.1, -0.05) is 0 Å². The summed E-state index contributed by atoms with van der Waals surface area (Å²) in [7, 11) is 4.58. The van der Waals surface area contributed by atoms with Crippen LogP contribution in [0.2, 0.25) is 0 Å². The number of ether oxygens (including phenoxy) is 12. The zero-order valence-corrected chi connectivity index (χ0v) is 30.7. The van der Waals surface area contributed by atoms with Crippen LogP contribution >= 0.6 is 0 Å². The van der Waals surface area contributed by atoms with Crippen LogP contribution in [0.3, 0.4) is 0 Å². The first-order valence-electron chi connectivity index (χ1n) is 18.0. The smallest absolute Gasteiger partial charge is 0.187 e. The minimum atomic E-state index is -1.73. The lowest BCUT2D eigenvalue weighted by Gasteiger charge is -2.47. The van der Waals surface area contributed by atoms with Crippen LogP contribution < -0.4 is 0 Å². The van der Waals surface area contributed by atoms with Crippen LogP contribution in [0.15, 0.2) is 0 Å². The quantitative estimate of drug-likeness (QED) is 0.0892. The molecule has 5 fully saturated rings. The molecule has 53 heavy (non-hydrogen) atoms. The molecule has 310 valence electrons. The summed E-state index contributed by atoms with van der Waals surface area (Å²) >= 11 is 0. The molecule has 0 saturated carbocycles. The number of hydrogen-bond donors (Lipinski definition) is 8. The summed E-state index contributed by atoms with van der Waals surface area (Å²) in [5.74, 6) is 0. The van der Waals surface area contributed by atoms with Gasteiger partial charge in [0.15, 0.2) is 31.5 Å². The van der Waals surface area contributed by atoms with Gasteiger partial charge in [0.25, 0.3) is 0 Å². The van der Waals surface area contributed by atoms with Gasteiger partial charge in [0, 0.05) is 40.6 Å². The van der Waals surface area contributed by atoms with Crippen molar-refractivity contribution in [1.29, 1.82) is 0 Å². The fraction of sp³-hybridized carbons (Fsp3) is 1.00. The molecule has 22 atom stereocenters. The van der Waals surface area contributed by atoms with E-state index in [2.05, 4.69) is 0 Å². The second kappa shape index (κ2) is 19.1. The Bertz CT molecular complexity index is 1110. The summed E-state index contributed by atoms with van der Waals surface area (Å²) in [5.41, 5.74) is 0. The maximum absolute atomic E-state index is 10.8. The summed E-state index contributed by atoms with van der Waals surface area (Å²) in [6.45, 7) is 4.16. The Morgan fingerprint density at radius 1 is 0.491 bits per heavy atom. The summed E-state index contributed by atoms with van der Waals surface area (Å²) in [6, 6.07) is 0. The molecule has 0 aromatic rings. The highest BCUT2D eigenvalue weighted by Crippen LogP contribution is 2.35. The van der Waals surface area contributed by atoms with E-state index >= 15 is 0 Å². The Labute approximate surface area is 307 Å². The first-order valence-corrected chi connectivity index (χ1v) is 18.0. The fourth-order valence-corrected chi connectivity index (χ4v) is 7.54. The van der Waals surface area contributed by atoms with E-state index in [-0.39, 0.29) is 12.8 Å². The average molecular weight is 775 g/mol. The van der Waals surface area contributed by atoms with Gasteiger partial charge in [0.2, 0.25) is 0 Å². The molecule has 0 bridgehead atoms. The number of hydrogen-bond acceptors (Lipinski definition) is 20. The fourth-order valence-electron chi connectivity index (χ4n) is 7.54. The lowest BCUT2D eigenvalue weighted by atomic mass is 9.97. The van der Waals surface area contributed by atoms with Crippen molar-refractivity contribution in [3.05, 3.63) is 0 Å². The van der Waals surface area contributed by atoms with Crippen LogP contribution in [-0.2, 0) is 56.8 Å². The molecule has 5 rings (SSSR count). The predicted octanol–water partition coefficient (Wildman–Crippen LogP) is -3.79. The second-order valence-electron chi connectivity index (χ2n) is 14.2. The third-order valence-electron chi connectivity index (χ3n) is 10.6. The summed E-state index contributed by atoms with van der Waals surface area (Å²) in [6.07, 6.45) is -22.4. The van der Waals surface area contributed by atoms with E-state index in [1.165, 1.54) is 7.11 Å². The van der Waals surface area contributed by atoms with Crippen molar-refractivity contribution in [3.8, 4) is 0 Å². The van der Waals surface area contributed by atoms with Gasteiger partial charge in [-0.25, -0.2) is 0 Å². The van der Waals surface area contributed by atoms with Crippen LogP contribution in [0.4, 0.5) is 0 Å². The van der Waals surface area contributed by atoms with Crippen molar-refractivity contribution in [3.63, 3.8) is 0 Å². The van der Waals surface area contributed by atoms with E-state index < -0.39 is 148 Å². The SMILES string of the molecule is CO[C@H]1C[C@H](O[C@H]2[C@@H](OC)C[C@H](O)O[C@@H]2C)O[C@H](C)[C@H]1O[C@H]1C[C@@H](OC)[C@@H](O[C@@H]2O[C@H](CO[C@@H]3O[C@H](CO)[C@@H](O)[C@H](O)[C@H]3O)[C@@H](O)[C@H](O)[C@H]2O)[C@@H](C)O1. The maximum Gasteiger partial charge on any atom is 0.187 e. The molecule has 0 unspecified atom stereocenters. The number of rotatable bonds is 13. The van der Waals surface area contributed by atoms with Gasteiger partial charge >= 0.3 is 0 Å². The minimum Gasteiger partial charge on any atom is -0.394 e. The molecule has 0 spiro atoms. The molecular formula is C33H58O20. The minimum absolute atomic E-state index is 0.178. The van der Waals surface area contributed by atoms with Crippen molar-refractivity contribution < 1.29 is 97.7 Å². The monoisotopic (exact) mass is 774 g/mol. The second-order valence-corrected chi connectivity index (χ2v) is 14.2. The highest BCUT2D eigenvalue weighted by atomic mass is 16.8. The Balaban J connectivity index is 1.16. The largest absolute Gasteiger partial charge is 0.394 e. The number of methoxy groups -OCH3 is 3. The van der Waals surface area contributed by atoms with Crippen molar-refractivity contribution in [1.82, 2.24) is 0 Å². The maximum atomic E-state index is 10.8. The van der Waals surface area contributed by atoms with Crippen LogP contribution in [0.5, 0.6) is 0 Å². The molecule has 5 saturated heterocycles. The van der Waals surface area contributed by atoms with Gasteiger partial charge in [-0.05, 0) is 20.8 Å². The van der Waals surface area contributed by atoms with Gasteiger partial charge in [0.1, 0.15) is 67.1 Å². The van der Waals surface area contributed by atoms with Gasteiger partial charge in [-0.2, -0.15) is 0 Å². The van der Waals surface area contributed by atoms with Gasteiger partial charge < -0.3 is 97.7 Å². The van der Waals surface area contributed by atoms with E-state index in [4.69, 9.17) is 56.8 Å². The van der Waals surface area contributed by atoms with Crippen LogP contribution in [0, 0.1) is 0 Å². The molecule has 20 nitrogen and oxygen atoms in total. The van der Waals surface area contributed by atoms with E-state index in [9.17, 15) is 40.9 Å². The molecule has 0 aromatic carbocycles. The normalized spacial score (nSPS) is 51.3. The van der Waals surface area contributed by atoms with Crippen LogP contribution in [0.1, 0.15) is 40.0 Å². The number of aliphatic hydroxyl groups excluding tert-OH is 8. The Morgan fingerprint density at radius 2 is 0.925 bits per heavy atom. The third kappa shape index (κ3) is 9.84. The standard InChI is InChI=1S/C33H58O20/c1-12-29(15(42-4)7-20(35)46-12)51-21-8-16(43-5)30(13(2)47-21)52-22-9-17(44-6)31(14(3)48-22)53-33-28(41)26(39)24(37)19(50-33)11-45-32-27(40)25(38)23(36)18(10-34)49-32/h12-41H,7-11H2,1-6H3/t12-,13-,14-,15+,16+,17-,18-,19-,20-,21+,22+,23-,24-,25+,26+,27-,28-,29-,30-,31+,32-,33+/m1/s1. The Kier molecular flexibility index (Phi) is 15.6. The van der Waals surface area contributed by atoms with Crippen molar-refractivity contribution in [2.45, 2.75) is 175 Å². The molecule has 0 aliphatic carbocycles. The molecule has 20 heteroatoms. The molecule has 5 heterocycles. The first-order chi connectivity index (χ1) is 25.2. The highest BCUT2D eigenvalue weighted by Gasteiger charge is 2.51. The summed E-state index contributed by atoms with van der Waals surface area (Å²) in [4.78, 5) is 0. The zero-order valence-electron chi connectivity index (χ0n) is 30.7. The van der Waals surface area contributed by atoms with E-state index in [1.807, 2.05) is 6.92 Å². The number of aliphatic hydroxyl groups is 8. The molecule has 0 radical (unpaired) electrons. The predicted molar refractivity (Wildman–Crippen MR) is 172 cm³/mol. The van der Waals surface area contributed by atoms with Crippen molar-refractivity contribution in [2.75, 3.05) is 34.5 Å². The summed E-state index contributed by atoms with van der Waals surface area (Å²) < 4.78 is 70.5. The zero-order chi connectivity index (χ0) is 38.7. The van der Waals surface area contributed by atoms with Gasteiger partial charge in [0.05, 0.1) is 49.8 Å². The first kappa shape index (κ1) is 43.3. The molecule has 5 aliphatic heterocycles. The Hall–Kier alpha value is -0.800. The lowest BCUT2D eigenvalue weighted by Crippen LogP contribution is -2.63. The molecular weight excluding hydrogens is 716 g/mol. The van der Waals surface area contributed by atoms with Crippen LogP contribution in [-0.4, -0.2) is 211 Å². The molecule has 5 aliphatic rings. The lowest BCUT2D eigenvalue weighted by molar-refractivity contribution is -0.361. The van der Waals surface area contributed by atoms with E-state index in [1.54, 1.807) is 28.1 Å². The van der Waals surface area contributed by atoms with Crippen molar-refractivity contribution >= 4 is 0 Å². The van der Waals surface area contributed by atoms with Crippen molar-refractivity contribution in [2.24, 2.45) is 0 Å². The molecule has 8 N–H and O–H groups in total. The van der Waals surface area contributed by atoms with Gasteiger partial charge in [-0.3, -0.25) is 0 Å². The van der Waals surface area contributed by atoms with E-state index in [0.717, 1.165) is 0 Å². The average Bonchev–Trinajstić information content (AvgIpc) is 3.13. The summed E-state index contributed by atoms with van der Waals surface area (Å²) in [5, 5.41) is 81.9. The van der Waals surface area contributed by atoms with Gasteiger partial charge in [-0.15, -0.1) is 0 Å². The third-order valence-corrected chi connectivity index (χ3v) is 10.6. The Morgan fingerprint density at radius 3 is 1.43 bits per heavy atom. The van der Waals surface area contributed by atoms with E-state index in [0.29, 0.717) is 6.42 Å². The highest BCUT2D eigenvalue weighted by molar-refractivity contribution is 4.94. The molecule has 0 aromatic heterocycles. The van der Waals surface area contributed by atoms with Crippen LogP contribution in [0.25, 0.3) is 0 Å².